The molecule has 1 saturated carbocycles. The topological polar surface area (TPSA) is 37.3 Å². The van der Waals surface area contributed by atoms with E-state index in [9.17, 15) is 9.90 Å². The molecule has 68 valence electrons. The fourth-order valence-electron chi connectivity index (χ4n) is 1.49. The van der Waals surface area contributed by atoms with Gasteiger partial charge in [-0.05, 0) is 37.3 Å². The molecule has 0 aliphatic heterocycles. The highest BCUT2D eigenvalue weighted by atomic mass is 16.3. The van der Waals surface area contributed by atoms with Crippen LogP contribution in [-0.2, 0) is 0 Å². The first kappa shape index (κ1) is 8.30. The first-order valence-corrected chi connectivity index (χ1v) is 4.52. The van der Waals surface area contributed by atoms with E-state index in [2.05, 4.69) is 0 Å². The average molecular weight is 176 g/mol. The third kappa shape index (κ3) is 1.57. The van der Waals surface area contributed by atoms with Gasteiger partial charge in [0, 0.05) is 5.56 Å². The smallest absolute Gasteiger partial charge is 0.223 e. The van der Waals surface area contributed by atoms with Gasteiger partial charge >= 0.3 is 0 Å². The monoisotopic (exact) mass is 176 g/mol. The van der Waals surface area contributed by atoms with Crippen LogP contribution in [-0.4, -0.2) is 5.11 Å². The minimum atomic E-state index is -0.257. The molecule has 2 heteroatoms. The van der Waals surface area contributed by atoms with E-state index in [-0.39, 0.29) is 11.2 Å². The van der Waals surface area contributed by atoms with Gasteiger partial charge in [0.25, 0.3) is 0 Å². The zero-order chi connectivity index (χ0) is 9.42. The molecule has 13 heavy (non-hydrogen) atoms. The van der Waals surface area contributed by atoms with Crippen LogP contribution in [0.2, 0.25) is 0 Å². The van der Waals surface area contributed by atoms with Crippen LogP contribution < -0.4 is 5.43 Å². The van der Waals surface area contributed by atoms with Crippen molar-refractivity contribution in [1.29, 1.82) is 0 Å². The maximum atomic E-state index is 11.3. The standard InChI is InChI=1S/C11H12O2/c1-7-6-9(8-2-3-8)4-5-10(12)11(7)13/h4-6,8H,2-3H2,1H3,(H,12,13). The van der Waals surface area contributed by atoms with Gasteiger partial charge in [0.05, 0.1) is 0 Å². The van der Waals surface area contributed by atoms with Crippen molar-refractivity contribution in [3.63, 3.8) is 0 Å². The average Bonchev–Trinajstić information content (AvgIpc) is 2.91. The van der Waals surface area contributed by atoms with Crippen molar-refractivity contribution in [3.05, 3.63) is 39.5 Å². The lowest BCUT2D eigenvalue weighted by Crippen LogP contribution is -1.99. The van der Waals surface area contributed by atoms with Crippen molar-refractivity contribution in [3.8, 4) is 5.75 Å². The summed E-state index contributed by atoms with van der Waals surface area (Å²) >= 11 is 0. The van der Waals surface area contributed by atoms with Gasteiger partial charge in [0.1, 0.15) is 0 Å². The molecule has 1 aliphatic carbocycles. The molecule has 0 aromatic heterocycles. The number of hydrogen-bond donors (Lipinski definition) is 1. The molecule has 1 N–H and O–H groups in total. The second-order valence-corrected chi connectivity index (χ2v) is 3.65. The Labute approximate surface area is 76.9 Å². The van der Waals surface area contributed by atoms with Crippen molar-refractivity contribution in [2.45, 2.75) is 25.7 Å². The lowest BCUT2D eigenvalue weighted by molar-refractivity contribution is 0.470. The lowest BCUT2D eigenvalue weighted by Gasteiger charge is -1.90. The highest BCUT2D eigenvalue weighted by Crippen LogP contribution is 2.39. The molecule has 2 nitrogen and oxygen atoms in total. The molecule has 0 atom stereocenters. The fraction of sp³-hybridized carbons (Fsp3) is 0.364. The molecule has 0 heterocycles. The van der Waals surface area contributed by atoms with E-state index in [1.807, 2.05) is 12.1 Å². The lowest BCUT2D eigenvalue weighted by atomic mass is 10.1. The number of hydrogen-bond acceptors (Lipinski definition) is 2. The van der Waals surface area contributed by atoms with Crippen molar-refractivity contribution in [2.75, 3.05) is 0 Å². The van der Waals surface area contributed by atoms with Gasteiger partial charge in [0.2, 0.25) is 5.43 Å². The van der Waals surface area contributed by atoms with E-state index in [4.69, 9.17) is 0 Å². The predicted octanol–water partition coefficient (Wildman–Crippen LogP) is 1.94. The highest BCUT2D eigenvalue weighted by molar-refractivity contribution is 5.32. The van der Waals surface area contributed by atoms with E-state index in [1.165, 1.54) is 24.5 Å². The van der Waals surface area contributed by atoms with Crippen LogP contribution >= 0.6 is 0 Å². The van der Waals surface area contributed by atoms with Gasteiger partial charge < -0.3 is 5.11 Å². The number of rotatable bonds is 1. The summed E-state index contributed by atoms with van der Waals surface area (Å²) in [6, 6.07) is 5.24. The van der Waals surface area contributed by atoms with Crippen molar-refractivity contribution in [1.82, 2.24) is 0 Å². The van der Waals surface area contributed by atoms with Gasteiger partial charge in [-0.25, -0.2) is 0 Å². The second kappa shape index (κ2) is 2.87. The summed E-state index contributed by atoms with van der Waals surface area (Å²) in [5, 5.41) is 9.27. The van der Waals surface area contributed by atoms with Gasteiger partial charge in [-0.3, -0.25) is 4.79 Å². The van der Waals surface area contributed by atoms with Crippen LogP contribution in [0.15, 0.2) is 23.0 Å². The summed E-state index contributed by atoms with van der Waals surface area (Å²) in [7, 11) is 0. The molecular weight excluding hydrogens is 164 g/mol. The Bertz CT molecular complexity index is 392. The minimum Gasteiger partial charge on any atom is -0.504 e. The van der Waals surface area contributed by atoms with E-state index in [0.29, 0.717) is 11.5 Å². The first-order chi connectivity index (χ1) is 6.18. The summed E-state index contributed by atoms with van der Waals surface area (Å²) in [6.07, 6.45) is 2.41. The zero-order valence-corrected chi connectivity index (χ0v) is 7.58. The minimum absolute atomic E-state index is 0.149. The van der Waals surface area contributed by atoms with Gasteiger partial charge in [-0.15, -0.1) is 0 Å². The molecule has 0 unspecified atom stereocenters. The largest absolute Gasteiger partial charge is 0.504 e. The van der Waals surface area contributed by atoms with Crippen LogP contribution in [0, 0.1) is 6.92 Å². The van der Waals surface area contributed by atoms with Crippen LogP contribution in [0.5, 0.6) is 5.75 Å². The SMILES string of the molecule is Cc1cc(C2CC2)ccc(O)c1=O. The van der Waals surface area contributed by atoms with Crippen molar-refractivity contribution in [2.24, 2.45) is 0 Å². The fourth-order valence-corrected chi connectivity index (χ4v) is 1.49. The summed E-state index contributed by atoms with van der Waals surface area (Å²) in [5.41, 5.74) is 1.55. The zero-order valence-electron chi connectivity index (χ0n) is 7.58. The molecule has 2 rings (SSSR count). The summed E-state index contributed by atoms with van der Waals surface area (Å²) in [5.74, 6) is 0.467. The first-order valence-electron chi connectivity index (χ1n) is 4.52. The Hall–Kier alpha value is -1.31. The maximum absolute atomic E-state index is 11.3. The van der Waals surface area contributed by atoms with Crippen LogP contribution in [0.25, 0.3) is 0 Å². The Morgan fingerprint density at radius 3 is 2.69 bits per heavy atom. The number of aromatic hydroxyl groups is 1. The van der Waals surface area contributed by atoms with Crippen molar-refractivity contribution >= 4 is 0 Å². The van der Waals surface area contributed by atoms with Crippen LogP contribution in [0.3, 0.4) is 0 Å². The molecule has 1 fully saturated rings. The highest BCUT2D eigenvalue weighted by Gasteiger charge is 2.23. The third-order valence-corrected chi connectivity index (χ3v) is 2.46. The molecule has 0 amide bonds. The van der Waals surface area contributed by atoms with Crippen molar-refractivity contribution < 1.29 is 5.11 Å². The summed E-state index contributed by atoms with van der Waals surface area (Å²) in [6.45, 7) is 1.74. The predicted molar refractivity (Wildman–Crippen MR) is 51.1 cm³/mol. The van der Waals surface area contributed by atoms with Gasteiger partial charge in [-0.2, -0.15) is 0 Å². The normalized spacial score (nSPS) is 15.8. The van der Waals surface area contributed by atoms with E-state index < -0.39 is 0 Å². The second-order valence-electron chi connectivity index (χ2n) is 3.65. The Balaban J connectivity index is 2.59. The van der Waals surface area contributed by atoms with E-state index in [0.717, 1.165) is 0 Å². The van der Waals surface area contributed by atoms with E-state index >= 15 is 0 Å². The quantitative estimate of drug-likeness (QED) is 0.710. The summed E-state index contributed by atoms with van der Waals surface area (Å²) < 4.78 is 0. The third-order valence-electron chi connectivity index (χ3n) is 2.46. The van der Waals surface area contributed by atoms with Gasteiger partial charge in [0.15, 0.2) is 5.75 Å². The molecule has 1 aliphatic rings. The summed E-state index contributed by atoms with van der Waals surface area (Å²) in [4.78, 5) is 11.3. The molecule has 1 aromatic rings. The Kier molecular flexibility index (Phi) is 1.83. The van der Waals surface area contributed by atoms with Crippen LogP contribution in [0.4, 0.5) is 0 Å². The Morgan fingerprint density at radius 2 is 2.08 bits per heavy atom. The molecule has 0 spiro atoms. The molecule has 0 radical (unpaired) electrons. The molecule has 0 saturated heterocycles. The maximum Gasteiger partial charge on any atom is 0.223 e. The molecule has 1 aromatic carbocycles. The van der Waals surface area contributed by atoms with Crippen LogP contribution in [0.1, 0.15) is 29.9 Å². The molecular formula is C11H12O2. The van der Waals surface area contributed by atoms with Gasteiger partial charge in [-0.1, -0.05) is 12.1 Å². The molecule has 0 bridgehead atoms. The number of aryl methyl sites for hydroxylation is 1. The Morgan fingerprint density at radius 1 is 1.38 bits per heavy atom. The van der Waals surface area contributed by atoms with E-state index in [1.54, 1.807) is 6.92 Å².